The molecule has 3 nitrogen and oxygen atoms in total. The quantitative estimate of drug-likeness (QED) is 0.481. The highest BCUT2D eigenvalue weighted by atomic mass is 127. The van der Waals surface area contributed by atoms with Crippen LogP contribution in [0.1, 0.15) is 37.0 Å². The summed E-state index contributed by atoms with van der Waals surface area (Å²) in [5.41, 5.74) is 5.91. The number of hydrogen-bond acceptors (Lipinski definition) is 2. The van der Waals surface area contributed by atoms with Gasteiger partial charge in [0.2, 0.25) is 0 Å². The number of hydrogen-bond donors (Lipinski definition) is 2. The van der Waals surface area contributed by atoms with Crippen LogP contribution in [0.4, 0.5) is 0 Å². The fraction of sp³-hybridized carbons (Fsp3) is 0.615. The summed E-state index contributed by atoms with van der Waals surface area (Å²) in [6, 6.07) is 4.87. The van der Waals surface area contributed by atoms with Crippen molar-refractivity contribution in [2.45, 2.75) is 44.6 Å². The van der Waals surface area contributed by atoms with E-state index in [1.807, 2.05) is 11.3 Å². The molecular weight excluding hydrogens is 357 g/mol. The molecule has 2 rings (SSSR count). The molecule has 1 fully saturated rings. The van der Waals surface area contributed by atoms with Crippen LogP contribution >= 0.6 is 33.9 Å². The first-order valence-electron chi connectivity index (χ1n) is 6.55. The van der Waals surface area contributed by atoms with Crippen molar-refractivity contribution in [1.82, 2.24) is 5.32 Å². The number of guanidine groups is 1. The molecule has 0 aliphatic heterocycles. The van der Waals surface area contributed by atoms with Gasteiger partial charge in [-0.25, -0.2) is 0 Å². The predicted octanol–water partition coefficient (Wildman–Crippen LogP) is 3.13. The molecule has 100 valence electrons. The van der Waals surface area contributed by atoms with E-state index in [1.54, 1.807) is 0 Å². The van der Waals surface area contributed by atoms with E-state index in [2.05, 4.69) is 45.0 Å². The number of rotatable bonds is 4. The minimum atomic E-state index is 0.546. The zero-order valence-corrected chi connectivity index (χ0v) is 13.5. The summed E-state index contributed by atoms with van der Waals surface area (Å²) < 4.78 is 1.33. The molecule has 1 aromatic rings. The lowest BCUT2D eigenvalue weighted by Gasteiger charge is -2.23. The summed E-state index contributed by atoms with van der Waals surface area (Å²) in [4.78, 5) is 5.79. The average molecular weight is 377 g/mol. The van der Waals surface area contributed by atoms with Crippen LogP contribution in [-0.4, -0.2) is 18.5 Å². The molecule has 1 heterocycles. The van der Waals surface area contributed by atoms with E-state index in [0.29, 0.717) is 12.0 Å². The SMILES string of the molecule is NC(=NCCc1ccc(I)s1)NC1CCCCC1. The van der Waals surface area contributed by atoms with Crippen molar-refractivity contribution in [3.8, 4) is 0 Å². The van der Waals surface area contributed by atoms with Crippen LogP contribution in [0.2, 0.25) is 0 Å². The van der Waals surface area contributed by atoms with Crippen LogP contribution in [0.15, 0.2) is 17.1 Å². The van der Waals surface area contributed by atoms with E-state index in [1.165, 1.54) is 39.9 Å². The molecule has 0 bridgehead atoms. The van der Waals surface area contributed by atoms with Crippen molar-refractivity contribution in [2.75, 3.05) is 6.54 Å². The first-order valence-corrected chi connectivity index (χ1v) is 8.44. The summed E-state index contributed by atoms with van der Waals surface area (Å²) >= 11 is 4.18. The highest BCUT2D eigenvalue weighted by Crippen LogP contribution is 2.19. The smallest absolute Gasteiger partial charge is 0.188 e. The van der Waals surface area contributed by atoms with Crippen LogP contribution in [-0.2, 0) is 6.42 Å². The second-order valence-corrected chi connectivity index (χ2v) is 7.76. The van der Waals surface area contributed by atoms with Crippen molar-refractivity contribution in [3.05, 3.63) is 19.9 Å². The first kappa shape index (κ1) is 14.1. The molecule has 0 unspecified atom stereocenters. The maximum atomic E-state index is 5.91. The topological polar surface area (TPSA) is 50.4 Å². The molecular formula is C13H20IN3S. The second kappa shape index (κ2) is 7.33. The van der Waals surface area contributed by atoms with Crippen LogP contribution in [0.25, 0.3) is 0 Å². The van der Waals surface area contributed by atoms with Gasteiger partial charge in [0.05, 0.1) is 2.88 Å². The molecule has 1 aliphatic rings. The van der Waals surface area contributed by atoms with E-state index in [4.69, 9.17) is 5.73 Å². The van der Waals surface area contributed by atoms with Gasteiger partial charge in [-0.05, 0) is 47.6 Å². The summed E-state index contributed by atoms with van der Waals surface area (Å²) in [5, 5.41) is 3.34. The van der Waals surface area contributed by atoms with Gasteiger partial charge in [-0.3, -0.25) is 4.99 Å². The molecule has 0 atom stereocenters. The highest BCUT2D eigenvalue weighted by Gasteiger charge is 2.13. The number of nitrogens with one attached hydrogen (secondary N) is 1. The van der Waals surface area contributed by atoms with E-state index in [0.717, 1.165) is 13.0 Å². The van der Waals surface area contributed by atoms with Gasteiger partial charge in [-0.15, -0.1) is 11.3 Å². The zero-order valence-electron chi connectivity index (χ0n) is 10.5. The highest BCUT2D eigenvalue weighted by molar-refractivity contribution is 14.1. The lowest BCUT2D eigenvalue weighted by atomic mass is 9.96. The molecule has 3 N–H and O–H groups in total. The van der Waals surface area contributed by atoms with Gasteiger partial charge in [0.1, 0.15) is 0 Å². The van der Waals surface area contributed by atoms with E-state index < -0.39 is 0 Å². The summed E-state index contributed by atoms with van der Waals surface area (Å²) in [5.74, 6) is 0.619. The maximum absolute atomic E-state index is 5.91. The van der Waals surface area contributed by atoms with Crippen molar-refractivity contribution in [3.63, 3.8) is 0 Å². The Morgan fingerprint density at radius 3 is 2.83 bits per heavy atom. The van der Waals surface area contributed by atoms with E-state index >= 15 is 0 Å². The second-order valence-electron chi connectivity index (χ2n) is 4.70. The largest absolute Gasteiger partial charge is 0.370 e. The Morgan fingerprint density at radius 1 is 1.39 bits per heavy atom. The normalized spacial score (nSPS) is 17.9. The molecule has 1 saturated carbocycles. The van der Waals surface area contributed by atoms with Crippen LogP contribution in [0.5, 0.6) is 0 Å². The van der Waals surface area contributed by atoms with E-state index in [-0.39, 0.29) is 0 Å². The van der Waals surface area contributed by atoms with Crippen molar-refractivity contribution in [1.29, 1.82) is 0 Å². The molecule has 0 saturated heterocycles. The molecule has 18 heavy (non-hydrogen) atoms. The number of nitrogens with zero attached hydrogens (tertiary/aromatic N) is 1. The lowest BCUT2D eigenvalue weighted by molar-refractivity contribution is 0.412. The fourth-order valence-corrected chi connectivity index (χ4v) is 4.02. The van der Waals surface area contributed by atoms with Gasteiger partial charge in [0.15, 0.2) is 5.96 Å². The Bertz CT molecular complexity index is 397. The average Bonchev–Trinajstić information content (AvgIpc) is 2.76. The van der Waals surface area contributed by atoms with Crippen molar-refractivity contribution in [2.24, 2.45) is 10.7 Å². The third kappa shape index (κ3) is 4.76. The van der Waals surface area contributed by atoms with Gasteiger partial charge in [-0.2, -0.15) is 0 Å². The zero-order chi connectivity index (χ0) is 12.8. The molecule has 0 spiro atoms. The van der Waals surface area contributed by atoms with Gasteiger partial charge >= 0.3 is 0 Å². The summed E-state index contributed by atoms with van der Waals surface area (Å²) in [7, 11) is 0. The molecule has 0 aromatic carbocycles. The molecule has 0 radical (unpaired) electrons. The minimum absolute atomic E-state index is 0.546. The number of thiophene rings is 1. The van der Waals surface area contributed by atoms with Gasteiger partial charge in [0, 0.05) is 23.9 Å². The minimum Gasteiger partial charge on any atom is -0.370 e. The molecule has 1 aromatic heterocycles. The van der Waals surface area contributed by atoms with Gasteiger partial charge in [0.25, 0.3) is 0 Å². The van der Waals surface area contributed by atoms with Crippen LogP contribution in [0, 0.1) is 2.88 Å². The van der Waals surface area contributed by atoms with Crippen molar-refractivity contribution < 1.29 is 0 Å². The number of halogens is 1. The summed E-state index contributed by atoms with van der Waals surface area (Å²) in [6.45, 7) is 0.780. The Labute approximate surface area is 126 Å². The number of aliphatic imine (C=N–C) groups is 1. The predicted molar refractivity (Wildman–Crippen MR) is 87.2 cm³/mol. The number of nitrogens with two attached hydrogens (primary N) is 1. The lowest BCUT2D eigenvalue weighted by Crippen LogP contribution is -2.41. The maximum Gasteiger partial charge on any atom is 0.188 e. The Balaban J connectivity index is 1.71. The van der Waals surface area contributed by atoms with E-state index in [9.17, 15) is 0 Å². The Morgan fingerprint density at radius 2 is 2.17 bits per heavy atom. The third-order valence-electron chi connectivity index (χ3n) is 3.23. The van der Waals surface area contributed by atoms with Gasteiger partial charge < -0.3 is 11.1 Å². The summed E-state index contributed by atoms with van der Waals surface area (Å²) in [6.07, 6.45) is 7.46. The van der Waals surface area contributed by atoms with Crippen LogP contribution in [0.3, 0.4) is 0 Å². The monoisotopic (exact) mass is 377 g/mol. The molecule has 0 amide bonds. The van der Waals surface area contributed by atoms with Crippen LogP contribution < -0.4 is 11.1 Å². The fourth-order valence-electron chi connectivity index (χ4n) is 2.27. The van der Waals surface area contributed by atoms with Crippen molar-refractivity contribution >= 4 is 39.9 Å². The Kier molecular flexibility index (Phi) is 5.75. The van der Waals surface area contributed by atoms with Gasteiger partial charge in [-0.1, -0.05) is 19.3 Å². The molecule has 1 aliphatic carbocycles. The first-order chi connectivity index (χ1) is 8.74. The third-order valence-corrected chi connectivity index (χ3v) is 5.18. The standard InChI is InChI=1S/C13H20IN3S/c14-12-7-6-11(18-12)8-9-16-13(15)17-10-4-2-1-3-5-10/h6-7,10H,1-5,8-9H2,(H3,15,16,17). The molecule has 5 heteroatoms. The Hall–Kier alpha value is -0.300.